The third-order valence-electron chi connectivity index (χ3n) is 0.903. The Kier molecular flexibility index (Phi) is 5.96. The molecule has 0 aromatic heterocycles. The Labute approximate surface area is 66.7 Å². The van der Waals surface area contributed by atoms with Gasteiger partial charge in [-0.05, 0) is 19.1 Å². The molecule has 0 aliphatic carbocycles. The van der Waals surface area contributed by atoms with Crippen LogP contribution in [0.2, 0.25) is 0 Å². The third kappa shape index (κ3) is 5.13. The van der Waals surface area contributed by atoms with E-state index in [0.29, 0.717) is 5.56 Å². The number of aliphatic hydroxyl groups excluding tert-OH is 1. The van der Waals surface area contributed by atoms with E-state index >= 15 is 0 Å². The van der Waals surface area contributed by atoms with Gasteiger partial charge in [-0.2, -0.15) is 5.26 Å². The lowest BCUT2D eigenvalue weighted by atomic mass is 10.2. The van der Waals surface area contributed by atoms with Crippen LogP contribution in [0.25, 0.3) is 0 Å². The largest absolute Gasteiger partial charge is 0.397 e. The van der Waals surface area contributed by atoms with Gasteiger partial charge in [0.25, 0.3) is 0 Å². The lowest BCUT2D eigenvalue weighted by Crippen LogP contribution is -1.66. The molecule has 1 rings (SSSR count). The Morgan fingerprint density at radius 1 is 1.36 bits per heavy atom. The standard InChI is InChI=1S/C7H5N.C2H6O/c8-6-7-4-2-1-3-5-7;1-2-3/h1-5H;3H,2H2,1H3. The predicted octanol–water partition coefficient (Wildman–Crippen LogP) is 1.56. The van der Waals surface area contributed by atoms with Crippen molar-refractivity contribution in [2.24, 2.45) is 0 Å². The molecule has 0 saturated heterocycles. The van der Waals surface area contributed by atoms with E-state index in [1.807, 2.05) is 24.3 Å². The van der Waals surface area contributed by atoms with Gasteiger partial charge in [-0.3, -0.25) is 0 Å². The van der Waals surface area contributed by atoms with E-state index in [9.17, 15) is 0 Å². The topological polar surface area (TPSA) is 44.0 Å². The van der Waals surface area contributed by atoms with Crippen LogP contribution in [0.5, 0.6) is 0 Å². The molecule has 1 aromatic carbocycles. The lowest BCUT2D eigenvalue weighted by molar-refractivity contribution is 0.318. The number of nitriles is 1. The van der Waals surface area contributed by atoms with Crippen molar-refractivity contribution in [2.45, 2.75) is 6.92 Å². The van der Waals surface area contributed by atoms with Gasteiger partial charge in [-0.25, -0.2) is 0 Å². The molecule has 0 saturated carbocycles. The first-order chi connectivity index (χ1) is 5.35. The molecule has 58 valence electrons. The van der Waals surface area contributed by atoms with Crippen molar-refractivity contribution in [1.29, 1.82) is 5.26 Å². The van der Waals surface area contributed by atoms with Crippen LogP contribution in [-0.2, 0) is 0 Å². The molecule has 2 nitrogen and oxygen atoms in total. The van der Waals surface area contributed by atoms with Gasteiger partial charge < -0.3 is 5.11 Å². The summed E-state index contributed by atoms with van der Waals surface area (Å²) in [5, 5.41) is 15.9. The minimum atomic E-state index is 0.250. The minimum absolute atomic E-state index is 0.250. The number of benzene rings is 1. The average Bonchev–Trinajstić information content (AvgIpc) is 2.08. The first-order valence-corrected chi connectivity index (χ1v) is 3.41. The van der Waals surface area contributed by atoms with Crippen LogP contribution in [0, 0.1) is 11.3 Å². The maximum atomic E-state index is 8.29. The highest BCUT2D eigenvalue weighted by molar-refractivity contribution is 5.27. The molecule has 0 amide bonds. The Bertz CT molecular complexity index is 213. The molecule has 0 aliphatic heterocycles. The van der Waals surface area contributed by atoms with Crippen molar-refractivity contribution in [3.63, 3.8) is 0 Å². The summed E-state index contributed by atoms with van der Waals surface area (Å²) in [4.78, 5) is 0. The molecule has 0 heterocycles. The number of nitrogens with zero attached hydrogens (tertiary/aromatic N) is 1. The summed E-state index contributed by atoms with van der Waals surface area (Å²) in [6.07, 6.45) is 0. The van der Waals surface area contributed by atoms with Gasteiger partial charge in [0.05, 0.1) is 11.6 Å². The van der Waals surface area contributed by atoms with E-state index in [-0.39, 0.29) is 6.61 Å². The van der Waals surface area contributed by atoms with E-state index in [4.69, 9.17) is 10.4 Å². The summed E-state index contributed by atoms with van der Waals surface area (Å²) in [5.74, 6) is 0. The Balaban J connectivity index is 0.000000292. The first kappa shape index (κ1) is 9.67. The van der Waals surface area contributed by atoms with E-state index in [0.717, 1.165) is 0 Å². The highest BCUT2D eigenvalue weighted by Crippen LogP contribution is 1.92. The zero-order chi connectivity index (χ0) is 8.53. The second-order valence-corrected chi connectivity index (χ2v) is 1.79. The fourth-order valence-electron chi connectivity index (χ4n) is 0.513. The molecule has 0 unspecified atom stereocenters. The Morgan fingerprint density at radius 2 is 1.82 bits per heavy atom. The molecule has 0 aliphatic rings. The summed E-state index contributed by atoms with van der Waals surface area (Å²) in [5.41, 5.74) is 0.715. The van der Waals surface area contributed by atoms with Crippen LogP contribution < -0.4 is 0 Å². The summed E-state index contributed by atoms with van der Waals surface area (Å²) >= 11 is 0. The fraction of sp³-hybridized carbons (Fsp3) is 0.222. The number of hydrogen-bond acceptors (Lipinski definition) is 2. The van der Waals surface area contributed by atoms with Crippen molar-refractivity contribution in [1.82, 2.24) is 0 Å². The summed E-state index contributed by atoms with van der Waals surface area (Å²) < 4.78 is 0. The van der Waals surface area contributed by atoms with E-state index in [1.165, 1.54) is 0 Å². The van der Waals surface area contributed by atoms with Crippen LogP contribution in [0.4, 0.5) is 0 Å². The first-order valence-electron chi connectivity index (χ1n) is 3.41. The van der Waals surface area contributed by atoms with Crippen LogP contribution >= 0.6 is 0 Å². The van der Waals surface area contributed by atoms with Gasteiger partial charge in [0.1, 0.15) is 0 Å². The number of hydrogen-bond donors (Lipinski definition) is 1. The van der Waals surface area contributed by atoms with Crippen LogP contribution in [-0.4, -0.2) is 11.7 Å². The smallest absolute Gasteiger partial charge is 0.0991 e. The summed E-state index contributed by atoms with van der Waals surface area (Å²) in [6, 6.07) is 11.2. The van der Waals surface area contributed by atoms with Crippen molar-refractivity contribution in [2.75, 3.05) is 6.61 Å². The van der Waals surface area contributed by atoms with Crippen molar-refractivity contribution >= 4 is 0 Å². The predicted molar refractivity (Wildman–Crippen MR) is 43.9 cm³/mol. The SMILES string of the molecule is CCO.N#Cc1ccccc1. The van der Waals surface area contributed by atoms with Crippen LogP contribution in [0.15, 0.2) is 30.3 Å². The highest BCUT2D eigenvalue weighted by atomic mass is 16.2. The fourth-order valence-corrected chi connectivity index (χ4v) is 0.513. The maximum absolute atomic E-state index is 8.29. The molecule has 1 aromatic rings. The summed E-state index contributed by atoms with van der Waals surface area (Å²) in [7, 11) is 0. The van der Waals surface area contributed by atoms with E-state index in [2.05, 4.69) is 0 Å². The second-order valence-electron chi connectivity index (χ2n) is 1.79. The molecule has 0 fully saturated rings. The molecule has 2 heteroatoms. The maximum Gasteiger partial charge on any atom is 0.0991 e. The zero-order valence-corrected chi connectivity index (χ0v) is 6.49. The molecular weight excluding hydrogens is 138 g/mol. The van der Waals surface area contributed by atoms with E-state index < -0.39 is 0 Å². The van der Waals surface area contributed by atoms with Gasteiger partial charge in [-0.1, -0.05) is 18.2 Å². The molecular formula is C9H11NO. The molecule has 0 spiro atoms. The van der Waals surface area contributed by atoms with Crippen molar-refractivity contribution in [3.05, 3.63) is 35.9 Å². The molecule has 11 heavy (non-hydrogen) atoms. The van der Waals surface area contributed by atoms with E-state index in [1.54, 1.807) is 19.1 Å². The Hall–Kier alpha value is -1.33. The lowest BCUT2D eigenvalue weighted by Gasteiger charge is -1.80. The van der Waals surface area contributed by atoms with Crippen molar-refractivity contribution < 1.29 is 5.11 Å². The minimum Gasteiger partial charge on any atom is -0.397 e. The van der Waals surface area contributed by atoms with Crippen LogP contribution in [0.3, 0.4) is 0 Å². The number of rotatable bonds is 0. The van der Waals surface area contributed by atoms with Gasteiger partial charge in [0, 0.05) is 6.61 Å². The second kappa shape index (κ2) is 6.79. The normalized spacial score (nSPS) is 7.36. The highest BCUT2D eigenvalue weighted by Gasteiger charge is 1.79. The summed E-state index contributed by atoms with van der Waals surface area (Å²) in [6.45, 7) is 1.93. The van der Waals surface area contributed by atoms with Gasteiger partial charge >= 0.3 is 0 Å². The van der Waals surface area contributed by atoms with Gasteiger partial charge in [0.2, 0.25) is 0 Å². The third-order valence-corrected chi connectivity index (χ3v) is 0.903. The molecule has 0 radical (unpaired) electrons. The Morgan fingerprint density at radius 3 is 2.09 bits per heavy atom. The number of aliphatic hydroxyl groups is 1. The molecule has 1 N–H and O–H groups in total. The molecule has 0 atom stereocenters. The van der Waals surface area contributed by atoms with Gasteiger partial charge in [0.15, 0.2) is 0 Å². The zero-order valence-electron chi connectivity index (χ0n) is 6.49. The monoisotopic (exact) mass is 149 g/mol. The van der Waals surface area contributed by atoms with Crippen molar-refractivity contribution in [3.8, 4) is 6.07 Å². The molecule has 0 bridgehead atoms. The van der Waals surface area contributed by atoms with Gasteiger partial charge in [-0.15, -0.1) is 0 Å². The quantitative estimate of drug-likeness (QED) is 0.608. The average molecular weight is 149 g/mol. The van der Waals surface area contributed by atoms with Crippen LogP contribution in [0.1, 0.15) is 12.5 Å².